The molecule has 4 nitrogen and oxygen atoms in total. The molecule has 2 aromatic rings. The molecule has 0 aliphatic carbocycles. The molecule has 0 atom stereocenters. The van der Waals surface area contributed by atoms with Crippen molar-refractivity contribution in [3.8, 4) is 0 Å². The summed E-state index contributed by atoms with van der Waals surface area (Å²) in [7, 11) is 2.90. The van der Waals surface area contributed by atoms with Crippen molar-refractivity contribution in [3.63, 3.8) is 0 Å². The minimum Gasteiger partial charge on any atom is -0.397 e. The fourth-order valence-electron chi connectivity index (χ4n) is 1.02. The summed E-state index contributed by atoms with van der Waals surface area (Å²) >= 11 is 0. The van der Waals surface area contributed by atoms with Crippen LogP contribution in [-0.2, 0) is 0 Å². The second kappa shape index (κ2) is 5.09. The van der Waals surface area contributed by atoms with Crippen molar-refractivity contribution in [2.45, 2.75) is 10.1 Å². The Hall–Kier alpha value is -1.40. The molecule has 0 bridgehead atoms. The first kappa shape index (κ1) is 11.1. The summed E-state index contributed by atoms with van der Waals surface area (Å²) in [6.07, 6.45) is 3.42. The van der Waals surface area contributed by atoms with Crippen molar-refractivity contribution in [2.75, 3.05) is 11.5 Å². The van der Waals surface area contributed by atoms with Gasteiger partial charge in [0.05, 0.1) is 11.4 Å². The Bertz CT molecular complexity index is 444. The molecule has 0 saturated heterocycles. The van der Waals surface area contributed by atoms with Crippen molar-refractivity contribution in [2.24, 2.45) is 0 Å². The molecule has 0 radical (unpaired) electrons. The van der Waals surface area contributed by atoms with Crippen molar-refractivity contribution in [3.05, 3.63) is 36.7 Å². The summed E-state index contributed by atoms with van der Waals surface area (Å²) in [6, 6.07) is 7.24. The lowest BCUT2D eigenvalue weighted by molar-refractivity contribution is 1.14. The Morgan fingerprint density at radius 3 is 1.62 bits per heavy atom. The van der Waals surface area contributed by atoms with Gasteiger partial charge in [-0.15, -0.1) is 0 Å². The minimum atomic E-state index is 0.662. The summed E-state index contributed by atoms with van der Waals surface area (Å²) in [5.74, 6) is 0. The highest BCUT2D eigenvalue weighted by Crippen LogP contribution is 2.39. The van der Waals surface area contributed by atoms with Gasteiger partial charge in [-0.05, 0) is 45.9 Å². The molecule has 4 N–H and O–H groups in total. The molecule has 2 aromatic heterocycles. The molecular formula is C10H10N4S2. The van der Waals surface area contributed by atoms with E-state index in [0.717, 1.165) is 10.1 Å². The average Bonchev–Trinajstić information content (AvgIpc) is 2.30. The summed E-state index contributed by atoms with van der Waals surface area (Å²) in [5, 5.41) is 1.55. The molecule has 0 aromatic carbocycles. The highest BCUT2D eigenvalue weighted by atomic mass is 33.1. The predicted octanol–water partition coefficient (Wildman–Crippen LogP) is 2.44. The standard InChI is InChI=1S/C10H10N4S2/c11-7-3-1-5-13-9(7)15-16-10-8(12)4-2-6-14-10/h1-6H,11-12H2. The SMILES string of the molecule is Nc1cccnc1SSc1ncccc1N. The lowest BCUT2D eigenvalue weighted by Gasteiger charge is -2.04. The van der Waals surface area contributed by atoms with Crippen LogP contribution in [0.4, 0.5) is 11.4 Å². The first-order valence-electron chi connectivity index (χ1n) is 4.53. The molecule has 2 rings (SSSR count). The molecule has 0 aliphatic heterocycles. The molecule has 82 valence electrons. The second-order valence-corrected chi connectivity index (χ2v) is 5.07. The van der Waals surface area contributed by atoms with Gasteiger partial charge in [0.25, 0.3) is 0 Å². The lowest BCUT2D eigenvalue weighted by Crippen LogP contribution is -1.91. The van der Waals surface area contributed by atoms with Crippen LogP contribution in [0.3, 0.4) is 0 Å². The zero-order valence-corrected chi connectivity index (χ0v) is 9.96. The zero-order chi connectivity index (χ0) is 11.4. The molecule has 0 unspecified atom stereocenters. The van der Waals surface area contributed by atoms with Crippen LogP contribution in [0.2, 0.25) is 0 Å². The summed E-state index contributed by atoms with van der Waals surface area (Å²) in [5.41, 5.74) is 12.9. The van der Waals surface area contributed by atoms with Crippen LogP contribution < -0.4 is 11.5 Å². The Labute approximate surface area is 101 Å². The summed E-state index contributed by atoms with van der Waals surface area (Å²) in [6.45, 7) is 0. The Kier molecular flexibility index (Phi) is 3.53. The van der Waals surface area contributed by atoms with Gasteiger partial charge in [0, 0.05) is 12.4 Å². The van der Waals surface area contributed by atoms with E-state index in [1.807, 2.05) is 12.1 Å². The molecule has 0 fully saturated rings. The summed E-state index contributed by atoms with van der Waals surface area (Å²) < 4.78 is 0. The highest BCUT2D eigenvalue weighted by molar-refractivity contribution is 8.76. The van der Waals surface area contributed by atoms with Crippen LogP contribution in [0.15, 0.2) is 46.7 Å². The smallest absolute Gasteiger partial charge is 0.130 e. The van der Waals surface area contributed by atoms with E-state index in [2.05, 4.69) is 9.97 Å². The van der Waals surface area contributed by atoms with Gasteiger partial charge in [0.1, 0.15) is 10.1 Å². The van der Waals surface area contributed by atoms with Gasteiger partial charge < -0.3 is 11.5 Å². The first-order valence-corrected chi connectivity index (χ1v) is 6.68. The van der Waals surface area contributed by atoms with E-state index in [1.54, 1.807) is 24.5 Å². The topological polar surface area (TPSA) is 77.8 Å². The third-order valence-electron chi connectivity index (χ3n) is 1.80. The van der Waals surface area contributed by atoms with Crippen LogP contribution in [0.5, 0.6) is 0 Å². The third-order valence-corrected chi connectivity index (χ3v) is 4.08. The van der Waals surface area contributed by atoms with E-state index >= 15 is 0 Å². The van der Waals surface area contributed by atoms with Crippen LogP contribution in [0.1, 0.15) is 0 Å². The van der Waals surface area contributed by atoms with E-state index in [-0.39, 0.29) is 0 Å². The van der Waals surface area contributed by atoms with Gasteiger partial charge in [-0.1, -0.05) is 0 Å². The number of anilines is 2. The number of pyridine rings is 2. The van der Waals surface area contributed by atoms with E-state index in [1.165, 1.54) is 21.6 Å². The fraction of sp³-hybridized carbons (Fsp3) is 0. The lowest BCUT2D eigenvalue weighted by atomic mass is 10.4. The number of nitrogens with zero attached hydrogens (tertiary/aromatic N) is 2. The number of aromatic nitrogens is 2. The van der Waals surface area contributed by atoms with E-state index < -0.39 is 0 Å². The molecule has 6 heteroatoms. The second-order valence-electron chi connectivity index (χ2n) is 2.96. The van der Waals surface area contributed by atoms with Gasteiger partial charge in [0.15, 0.2) is 0 Å². The molecule has 0 amide bonds. The van der Waals surface area contributed by atoms with Crippen molar-refractivity contribution < 1.29 is 0 Å². The number of nitrogen functional groups attached to an aromatic ring is 2. The Balaban J connectivity index is 2.09. The van der Waals surface area contributed by atoms with Crippen LogP contribution in [0.25, 0.3) is 0 Å². The quantitative estimate of drug-likeness (QED) is 0.815. The van der Waals surface area contributed by atoms with Gasteiger partial charge in [-0.25, -0.2) is 9.97 Å². The van der Waals surface area contributed by atoms with Gasteiger partial charge in [-0.2, -0.15) is 0 Å². The molecule has 0 aliphatic rings. The largest absolute Gasteiger partial charge is 0.397 e. The average molecular weight is 250 g/mol. The normalized spacial score (nSPS) is 10.2. The van der Waals surface area contributed by atoms with Crippen LogP contribution >= 0.6 is 21.6 Å². The predicted molar refractivity (Wildman–Crippen MR) is 69.0 cm³/mol. The highest BCUT2D eigenvalue weighted by Gasteiger charge is 2.05. The molecule has 2 heterocycles. The molecule has 0 saturated carbocycles. The van der Waals surface area contributed by atoms with Gasteiger partial charge in [0.2, 0.25) is 0 Å². The number of nitrogens with two attached hydrogens (primary N) is 2. The first-order chi connectivity index (χ1) is 7.77. The molecular weight excluding hydrogens is 240 g/mol. The number of hydrogen-bond acceptors (Lipinski definition) is 6. The van der Waals surface area contributed by atoms with E-state index in [9.17, 15) is 0 Å². The van der Waals surface area contributed by atoms with Crippen molar-refractivity contribution in [1.29, 1.82) is 0 Å². The number of hydrogen-bond donors (Lipinski definition) is 2. The Morgan fingerprint density at radius 1 is 0.812 bits per heavy atom. The van der Waals surface area contributed by atoms with E-state index in [4.69, 9.17) is 11.5 Å². The van der Waals surface area contributed by atoms with Crippen molar-refractivity contribution in [1.82, 2.24) is 9.97 Å². The number of rotatable bonds is 3. The zero-order valence-electron chi connectivity index (χ0n) is 8.33. The van der Waals surface area contributed by atoms with E-state index in [0.29, 0.717) is 11.4 Å². The van der Waals surface area contributed by atoms with Crippen LogP contribution in [0, 0.1) is 0 Å². The maximum atomic E-state index is 5.77. The monoisotopic (exact) mass is 250 g/mol. The van der Waals surface area contributed by atoms with Crippen molar-refractivity contribution >= 4 is 33.0 Å². The Morgan fingerprint density at radius 2 is 1.25 bits per heavy atom. The fourth-order valence-corrected chi connectivity index (χ4v) is 3.03. The maximum absolute atomic E-state index is 5.77. The molecule has 16 heavy (non-hydrogen) atoms. The third kappa shape index (κ3) is 2.59. The van der Waals surface area contributed by atoms with Gasteiger partial charge >= 0.3 is 0 Å². The maximum Gasteiger partial charge on any atom is 0.130 e. The van der Waals surface area contributed by atoms with Gasteiger partial charge in [-0.3, -0.25) is 0 Å². The van der Waals surface area contributed by atoms with Crippen LogP contribution in [-0.4, -0.2) is 9.97 Å². The minimum absolute atomic E-state index is 0.662. The summed E-state index contributed by atoms with van der Waals surface area (Å²) in [4.78, 5) is 8.34. The molecule has 0 spiro atoms.